The molecule has 1 aromatic heterocycles. The van der Waals surface area contributed by atoms with Gasteiger partial charge in [0.15, 0.2) is 0 Å². The van der Waals surface area contributed by atoms with Gasteiger partial charge in [-0.1, -0.05) is 18.5 Å². The highest BCUT2D eigenvalue weighted by atomic mass is 35.5. The molecule has 2 rings (SSSR count). The Morgan fingerprint density at radius 1 is 1.40 bits per heavy atom. The largest absolute Gasteiger partial charge is 0.417 e. The third kappa shape index (κ3) is 3.76. The molecule has 0 spiro atoms. The van der Waals surface area contributed by atoms with Gasteiger partial charge >= 0.3 is 6.18 Å². The quantitative estimate of drug-likeness (QED) is 0.896. The van der Waals surface area contributed by atoms with E-state index in [1.165, 1.54) is 0 Å². The van der Waals surface area contributed by atoms with Gasteiger partial charge in [-0.25, -0.2) is 4.98 Å². The number of rotatable bonds is 3. The van der Waals surface area contributed by atoms with E-state index in [4.69, 9.17) is 11.6 Å². The number of hydrogen-bond donors (Lipinski definition) is 2. The maximum atomic E-state index is 12.5. The average Bonchev–Trinajstić information content (AvgIpc) is 2.37. The van der Waals surface area contributed by atoms with Crippen LogP contribution < -0.4 is 10.6 Å². The number of hydrogen-bond acceptors (Lipinski definition) is 3. The molecule has 1 aliphatic heterocycles. The molecule has 0 bridgehead atoms. The number of nitrogens with zero attached hydrogens (tertiary/aromatic N) is 1. The van der Waals surface area contributed by atoms with Crippen molar-refractivity contribution in [3.63, 3.8) is 0 Å². The molecule has 1 aliphatic rings. The first kappa shape index (κ1) is 15.4. The minimum atomic E-state index is -4.42. The fourth-order valence-electron chi connectivity index (χ4n) is 2.23. The van der Waals surface area contributed by atoms with E-state index in [9.17, 15) is 13.2 Å². The SMILES string of the molecule is CC1(CNc2ncc(C(F)(F)F)cc2Cl)CCNCC1. The molecule has 0 aliphatic carbocycles. The Balaban J connectivity index is 2.03. The summed E-state index contributed by atoms with van der Waals surface area (Å²) in [6, 6.07) is 0.904. The number of anilines is 1. The van der Waals surface area contributed by atoms with E-state index < -0.39 is 11.7 Å². The standard InChI is InChI=1S/C13H17ClF3N3/c1-12(2-4-18-5-3-12)8-20-11-10(14)6-9(7-19-11)13(15,16)17/h6-7,18H,2-5,8H2,1H3,(H,19,20). The summed E-state index contributed by atoms with van der Waals surface area (Å²) in [4.78, 5) is 3.78. The van der Waals surface area contributed by atoms with Crippen LogP contribution in [0.1, 0.15) is 25.3 Å². The van der Waals surface area contributed by atoms with Crippen LogP contribution in [-0.4, -0.2) is 24.6 Å². The molecule has 0 amide bonds. The van der Waals surface area contributed by atoms with Crippen molar-refractivity contribution in [1.82, 2.24) is 10.3 Å². The van der Waals surface area contributed by atoms with Crippen LogP contribution in [0.2, 0.25) is 5.02 Å². The topological polar surface area (TPSA) is 37.0 Å². The fourth-order valence-corrected chi connectivity index (χ4v) is 2.46. The lowest BCUT2D eigenvalue weighted by Gasteiger charge is -2.34. The Hall–Kier alpha value is -1.01. The van der Waals surface area contributed by atoms with Crippen molar-refractivity contribution in [1.29, 1.82) is 0 Å². The number of nitrogens with one attached hydrogen (secondary N) is 2. The zero-order valence-corrected chi connectivity index (χ0v) is 11.9. The van der Waals surface area contributed by atoms with Crippen LogP contribution in [0.4, 0.5) is 19.0 Å². The molecule has 1 aromatic rings. The van der Waals surface area contributed by atoms with Crippen molar-refractivity contribution in [2.45, 2.75) is 25.9 Å². The molecule has 1 saturated heterocycles. The van der Waals surface area contributed by atoms with Gasteiger partial charge in [0.05, 0.1) is 10.6 Å². The first-order valence-corrected chi connectivity index (χ1v) is 6.85. The highest BCUT2D eigenvalue weighted by Gasteiger charge is 2.32. The van der Waals surface area contributed by atoms with Crippen molar-refractivity contribution in [3.05, 3.63) is 22.8 Å². The summed E-state index contributed by atoms with van der Waals surface area (Å²) < 4.78 is 37.5. The summed E-state index contributed by atoms with van der Waals surface area (Å²) >= 11 is 5.86. The first-order chi connectivity index (χ1) is 9.30. The lowest BCUT2D eigenvalue weighted by molar-refractivity contribution is -0.137. The second-order valence-corrected chi connectivity index (χ2v) is 5.87. The van der Waals surface area contributed by atoms with E-state index in [2.05, 4.69) is 22.5 Å². The van der Waals surface area contributed by atoms with Gasteiger partial charge in [-0.15, -0.1) is 0 Å². The highest BCUT2D eigenvalue weighted by Crippen LogP contribution is 2.33. The molecular formula is C13H17ClF3N3. The van der Waals surface area contributed by atoms with Gasteiger partial charge in [0.1, 0.15) is 5.82 Å². The van der Waals surface area contributed by atoms with E-state index in [-0.39, 0.29) is 10.4 Å². The molecule has 7 heteroatoms. The minimum Gasteiger partial charge on any atom is -0.368 e. The molecule has 2 heterocycles. The van der Waals surface area contributed by atoms with E-state index >= 15 is 0 Å². The van der Waals surface area contributed by atoms with Gasteiger partial charge in [0.2, 0.25) is 0 Å². The van der Waals surface area contributed by atoms with Gasteiger partial charge in [-0.2, -0.15) is 13.2 Å². The molecule has 112 valence electrons. The van der Waals surface area contributed by atoms with Crippen molar-refractivity contribution >= 4 is 17.4 Å². The maximum absolute atomic E-state index is 12.5. The second-order valence-electron chi connectivity index (χ2n) is 5.47. The zero-order chi connectivity index (χ0) is 14.8. The lowest BCUT2D eigenvalue weighted by Crippen LogP contribution is -2.39. The third-order valence-corrected chi connectivity index (χ3v) is 3.95. The summed E-state index contributed by atoms with van der Waals surface area (Å²) in [6.07, 6.45) is -1.59. The first-order valence-electron chi connectivity index (χ1n) is 6.48. The second kappa shape index (κ2) is 5.77. The number of alkyl halides is 3. The normalized spacial score (nSPS) is 18.9. The van der Waals surface area contributed by atoms with Crippen molar-refractivity contribution < 1.29 is 13.2 Å². The number of aromatic nitrogens is 1. The predicted octanol–water partition coefficient (Wildman–Crippen LogP) is 3.56. The van der Waals surface area contributed by atoms with Gasteiger partial charge in [-0.3, -0.25) is 0 Å². The Morgan fingerprint density at radius 2 is 2.05 bits per heavy atom. The molecular weight excluding hydrogens is 291 g/mol. The smallest absolute Gasteiger partial charge is 0.368 e. The molecule has 0 saturated carbocycles. The summed E-state index contributed by atoms with van der Waals surface area (Å²) in [5.74, 6) is 0.305. The highest BCUT2D eigenvalue weighted by molar-refractivity contribution is 6.32. The Morgan fingerprint density at radius 3 is 2.60 bits per heavy atom. The van der Waals surface area contributed by atoms with Gasteiger partial charge in [0, 0.05) is 12.7 Å². The minimum absolute atomic E-state index is 0.00244. The molecule has 1 fully saturated rings. The summed E-state index contributed by atoms with van der Waals surface area (Å²) in [7, 11) is 0. The summed E-state index contributed by atoms with van der Waals surface area (Å²) in [5.41, 5.74) is -0.722. The number of halogens is 4. The van der Waals surface area contributed by atoms with Crippen LogP contribution in [0.25, 0.3) is 0 Å². The van der Waals surface area contributed by atoms with E-state index in [1.54, 1.807) is 0 Å². The zero-order valence-electron chi connectivity index (χ0n) is 11.1. The van der Waals surface area contributed by atoms with Crippen molar-refractivity contribution in [3.8, 4) is 0 Å². The van der Waals surface area contributed by atoms with Crippen LogP contribution in [0, 0.1) is 5.41 Å². The van der Waals surface area contributed by atoms with E-state index in [1.807, 2.05) is 0 Å². The van der Waals surface area contributed by atoms with Gasteiger partial charge < -0.3 is 10.6 Å². The van der Waals surface area contributed by atoms with Crippen LogP contribution in [0.15, 0.2) is 12.3 Å². The molecule has 20 heavy (non-hydrogen) atoms. The van der Waals surface area contributed by atoms with Crippen LogP contribution in [-0.2, 0) is 6.18 Å². The number of piperidine rings is 1. The molecule has 3 nitrogen and oxygen atoms in total. The third-order valence-electron chi connectivity index (χ3n) is 3.66. The Kier molecular flexibility index (Phi) is 4.44. The van der Waals surface area contributed by atoms with Gasteiger partial charge in [0.25, 0.3) is 0 Å². The van der Waals surface area contributed by atoms with Crippen LogP contribution in [0.5, 0.6) is 0 Å². The Labute approximate surface area is 120 Å². The average molecular weight is 308 g/mol. The van der Waals surface area contributed by atoms with Crippen molar-refractivity contribution in [2.75, 3.05) is 25.0 Å². The lowest BCUT2D eigenvalue weighted by atomic mass is 9.81. The van der Waals surface area contributed by atoms with E-state index in [0.717, 1.165) is 38.2 Å². The molecule has 0 unspecified atom stereocenters. The van der Waals surface area contributed by atoms with Gasteiger partial charge in [-0.05, 0) is 37.4 Å². The molecule has 0 atom stereocenters. The monoisotopic (exact) mass is 307 g/mol. The summed E-state index contributed by atoms with van der Waals surface area (Å²) in [5, 5.41) is 6.34. The fraction of sp³-hybridized carbons (Fsp3) is 0.615. The molecule has 0 radical (unpaired) electrons. The Bertz CT molecular complexity index is 470. The summed E-state index contributed by atoms with van der Waals surface area (Å²) in [6.45, 7) is 4.70. The van der Waals surface area contributed by atoms with E-state index in [0.29, 0.717) is 12.4 Å². The predicted molar refractivity (Wildman–Crippen MR) is 72.9 cm³/mol. The maximum Gasteiger partial charge on any atom is 0.417 e. The molecule has 0 aromatic carbocycles. The number of pyridine rings is 1. The van der Waals surface area contributed by atoms with Crippen LogP contribution >= 0.6 is 11.6 Å². The molecule has 2 N–H and O–H groups in total. The van der Waals surface area contributed by atoms with Crippen LogP contribution in [0.3, 0.4) is 0 Å². The van der Waals surface area contributed by atoms with Crippen molar-refractivity contribution in [2.24, 2.45) is 5.41 Å².